The maximum Gasteiger partial charge on any atom is 0.226 e. The molecule has 148 valence electrons. The van der Waals surface area contributed by atoms with Crippen LogP contribution in [-0.2, 0) is 11.2 Å². The number of piperidine rings is 1. The van der Waals surface area contributed by atoms with Gasteiger partial charge in [-0.2, -0.15) is 4.98 Å². The second-order valence-corrected chi connectivity index (χ2v) is 8.40. The predicted octanol–water partition coefficient (Wildman–Crippen LogP) is 3.75. The second kappa shape index (κ2) is 10.6. The lowest BCUT2D eigenvalue weighted by atomic mass is 10.0. The lowest BCUT2D eigenvalue weighted by Gasteiger charge is -2.30. The number of likely N-dealkylation sites (tertiary alicyclic amines) is 1. The molecule has 3 heterocycles. The van der Waals surface area contributed by atoms with E-state index in [0.717, 1.165) is 43.1 Å². The molecule has 1 aliphatic rings. The van der Waals surface area contributed by atoms with Crippen molar-refractivity contribution in [3.05, 3.63) is 23.4 Å². The van der Waals surface area contributed by atoms with Gasteiger partial charge in [-0.3, -0.25) is 4.79 Å². The molecule has 0 saturated carbocycles. The number of carbonyl (C=O) groups is 1. The molecule has 2 aromatic heterocycles. The Morgan fingerprint density at radius 2 is 2.33 bits per heavy atom. The Labute approximate surface area is 165 Å². The largest absolute Gasteiger partial charge is 0.356 e. The van der Waals surface area contributed by atoms with Crippen LogP contribution in [0.4, 0.5) is 0 Å². The summed E-state index contributed by atoms with van der Waals surface area (Å²) >= 11 is 1.59. The predicted molar refractivity (Wildman–Crippen MR) is 108 cm³/mol. The first-order chi connectivity index (χ1) is 13.2. The average molecular weight is 391 g/mol. The molecule has 0 radical (unpaired) electrons. The normalized spacial score (nSPS) is 17.9. The lowest BCUT2D eigenvalue weighted by molar-refractivity contribution is -0.121. The summed E-state index contributed by atoms with van der Waals surface area (Å²) in [5.74, 6) is 2.17. The van der Waals surface area contributed by atoms with E-state index in [1.54, 1.807) is 11.3 Å². The molecule has 1 aliphatic heterocycles. The molecule has 1 unspecified atom stereocenters. The zero-order valence-electron chi connectivity index (χ0n) is 16.2. The molecule has 2 aromatic rings. The molecule has 1 atom stereocenters. The molecule has 0 aliphatic carbocycles. The fourth-order valence-corrected chi connectivity index (χ4v) is 4.18. The molecule has 0 aromatic carbocycles. The van der Waals surface area contributed by atoms with E-state index >= 15 is 0 Å². The van der Waals surface area contributed by atoms with Gasteiger partial charge in [-0.15, -0.1) is 11.3 Å². The molecule has 0 bridgehead atoms. The molecule has 3 rings (SSSR count). The number of unbranched alkanes of at least 4 members (excludes halogenated alkanes) is 1. The Morgan fingerprint density at radius 3 is 3.15 bits per heavy atom. The van der Waals surface area contributed by atoms with Crippen molar-refractivity contribution < 1.29 is 9.32 Å². The van der Waals surface area contributed by atoms with Gasteiger partial charge in [-0.1, -0.05) is 18.1 Å². The Balaban J connectivity index is 1.23. The van der Waals surface area contributed by atoms with E-state index in [2.05, 4.69) is 27.3 Å². The lowest BCUT2D eigenvalue weighted by Crippen LogP contribution is -2.35. The molecule has 1 saturated heterocycles. The second-order valence-electron chi connectivity index (χ2n) is 7.45. The molecular formula is C20H30N4O2S. The molecule has 7 heteroatoms. The minimum Gasteiger partial charge on any atom is -0.356 e. The van der Waals surface area contributed by atoms with Gasteiger partial charge in [0.15, 0.2) is 0 Å². The molecule has 0 spiro atoms. The summed E-state index contributed by atoms with van der Waals surface area (Å²) in [6, 6.07) is 3.94. The topological polar surface area (TPSA) is 71.3 Å². The standard InChI is InChI=1S/C20H30N4O2S/c1-16-7-5-13-24(15-16)12-3-2-11-21-18(25)9-4-10-19-22-20(23-26-19)17-8-6-14-27-17/h6,8,14,16H,2-5,7,9-13,15H2,1H3,(H,21,25). The molecule has 27 heavy (non-hydrogen) atoms. The zero-order valence-corrected chi connectivity index (χ0v) is 17.0. The molecule has 1 fully saturated rings. The van der Waals surface area contributed by atoms with Gasteiger partial charge in [0, 0.05) is 25.9 Å². The number of carbonyl (C=O) groups excluding carboxylic acids is 1. The van der Waals surface area contributed by atoms with Crippen LogP contribution in [-0.4, -0.2) is 47.1 Å². The van der Waals surface area contributed by atoms with Crippen molar-refractivity contribution in [2.45, 2.75) is 51.9 Å². The Morgan fingerprint density at radius 1 is 1.41 bits per heavy atom. The fourth-order valence-electron chi connectivity index (χ4n) is 3.53. The first-order valence-electron chi connectivity index (χ1n) is 10.1. The quantitative estimate of drug-likeness (QED) is 0.626. The van der Waals surface area contributed by atoms with Gasteiger partial charge < -0.3 is 14.7 Å². The molecule has 1 amide bonds. The van der Waals surface area contributed by atoms with E-state index in [4.69, 9.17) is 4.52 Å². The van der Waals surface area contributed by atoms with Crippen LogP contribution in [0.3, 0.4) is 0 Å². The summed E-state index contributed by atoms with van der Waals surface area (Å²) in [5.41, 5.74) is 0. The van der Waals surface area contributed by atoms with Gasteiger partial charge in [-0.05, 0) is 62.6 Å². The van der Waals surface area contributed by atoms with Crippen LogP contribution in [0.1, 0.15) is 51.3 Å². The summed E-state index contributed by atoms with van der Waals surface area (Å²) in [6.45, 7) is 6.73. The number of aryl methyl sites for hydroxylation is 1. The van der Waals surface area contributed by atoms with E-state index in [9.17, 15) is 4.79 Å². The Bertz CT molecular complexity index is 686. The van der Waals surface area contributed by atoms with E-state index in [0.29, 0.717) is 24.6 Å². The van der Waals surface area contributed by atoms with Gasteiger partial charge >= 0.3 is 0 Å². The number of thiophene rings is 1. The maximum absolute atomic E-state index is 11.9. The van der Waals surface area contributed by atoms with Gasteiger partial charge in [-0.25, -0.2) is 0 Å². The van der Waals surface area contributed by atoms with Crippen molar-refractivity contribution in [3.63, 3.8) is 0 Å². The van der Waals surface area contributed by atoms with Gasteiger partial charge in [0.1, 0.15) is 0 Å². The highest BCUT2D eigenvalue weighted by Crippen LogP contribution is 2.21. The van der Waals surface area contributed by atoms with Crippen LogP contribution in [0.2, 0.25) is 0 Å². The molecule has 1 N–H and O–H groups in total. The van der Waals surface area contributed by atoms with Gasteiger partial charge in [0.25, 0.3) is 0 Å². The van der Waals surface area contributed by atoms with Crippen molar-refractivity contribution in [3.8, 4) is 10.7 Å². The highest BCUT2D eigenvalue weighted by Gasteiger charge is 2.15. The van der Waals surface area contributed by atoms with Crippen LogP contribution >= 0.6 is 11.3 Å². The summed E-state index contributed by atoms with van der Waals surface area (Å²) in [4.78, 5) is 19.9. The minimum absolute atomic E-state index is 0.111. The first kappa shape index (κ1) is 20.0. The monoisotopic (exact) mass is 390 g/mol. The summed E-state index contributed by atoms with van der Waals surface area (Å²) in [5, 5.41) is 9.00. The number of hydrogen-bond acceptors (Lipinski definition) is 6. The van der Waals surface area contributed by atoms with E-state index < -0.39 is 0 Å². The minimum atomic E-state index is 0.111. The van der Waals surface area contributed by atoms with Crippen LogP contribution < -0.4 is 5.32 Å². The highest BCUT2D eigenvalue weighted by atomic mass is 32.1. The van der Waals surface area contributed by atoms with Gasteiger partial charge in [0.2, 0.25) is 17.6 Å². The number of amides is 1. The number of nitrogens with one attached hydrogen (secondary N) is 1. The van der Waals surface area contributed by atoms with Crippen LogP contribution in [0, 0.1) is 5.92 Å². The first-order valence-corrected chi connectivity index (χ1v) is 10.9. The number of nitrogens with zero attached hydrogens (tertiary/aromatic N) is 3. The molecular weight excluding hydrogens is 360 g/mol. The Kier molecular flexibility index (Phi) is 7.83. The van der Waals surface area contributed by atoms with Crippen LogP contribution in [0.15, 0.2) is 22.0 Å². The summed E-state index contributed by atoms with van der Waals surface area (Å²) in [6.07, 6.45) is 6.76. The van der Waals surface area contributed by atoms with Crippen molar-refractivity contribution >= 4 is 17.2 Å². The summed E-state index contributed by atoms with van der Waals surface area (Å²) < 4.78 is 5.26. The van der Waals surface area contributed by atoms with Crippen LogP contribution in [0.25, 0.3) is 10.7 Å². The third-order valence-electron chi connectivity index (χ3n) is 4.97. The van der Waals surface area contributed by atoms with Crippen molar-refractivity contribution in [2.75, 3.05) is 26.2 Å². The van der Waals surface area contributed by atoms with E-state index in [-0.39, 0.29) is 5.91 Å². The van der Waals surface area contributed by atoms with E-state index in [1.807, 2.05) is 17.5 Å². The average Bonchev–Trinajstić information content (AvgIpc) is 3.33. The smallest absolute Gasteiger partial charge is 0.226 e. The number of rotatable bonds is 10. The van der Waals surface area contributed by atoms with E-state index in [1.165, 1.54) is 25.9 Å². The summed E-state index contributed by atoms with van der Waals surface area (Å²) in [7, 11) is 0. The SMILES string of the molecule is CC1CCCN(CCCCNC(=O)CCCc2nc(-c3cccs3)no2)C1. The molecule has 6 nitrogen and oxygen atoms in total. The van der Waals surface area contributed by atoms with Crippen molar-refractivity contribution in [2.24, 2.45) is 5.92 Å². The maximum atomic E-state index is 11.9. The van der Waals surface area contributed by atoms with Crippen molar-refractivity contribution in [1.82, 2.24) is 20.4 Å². The third-order valence-corrected chi connectivity index (χ3v) is 5.83. The number of hydrogen-bond donors (Lipinski definition) is 1. The zero-order chi connectivity index (χ0) is 18.9. The highest BCUT2D eigenvalue weighted by molar-refractivity contribution is 7.13. The Hall–Kier alpha value is -1.73. The number of aromatic nitrogens is 2. The fraction of sp³-hybridized carbons (Fsp3) is 0.650. The van der Waals surface area contributed by atoms with Gasteiger partial charge in [0.05, 0.1) is 4.88 Å². The van der Waals surface area contributed by atoms with Crippen LogP contribution in [0.5, 0.6) is 0 Å². The van der Waals surface area contributed by atoms with Crippen molar-refractivity contribution in [1.29, 1.82) is 0 Å². The third kappa shape index (κ3) is 6.74.